The predicted octanol–water partition coefficient (Wildman–Crippen LogP) is 1.76. The molecular formula is C12H18N4O. The van der Waals surface area contributed by atoms with Crippen LogP contribution in [0.1, 0.15) is 37.0 Å². The molecule has 0 aliphatic heterocycles. The Kier molecular flexibility index (Phi) is 3.58. The van der Waals surface area contributed by atoms with E-state index in [1.54, 1.807) is 0 Å². The molecule has 5 heteroatoms. The third-order valence-corrected chi connectivity index (χ3v) is 2.49. The van der Waals surface area contributed by atoms with Crippen LogP contribution in [0.5, 0.6) is 0 Å². The van der Waals surface area contributed by atoms with Gasteiger partial charge in [-0.2, -0.15) is 4.98 Å². The van der Waals surface area contributed by atoms with Crippen molar-refractivity contribution >= 4 is 0 Å². The van der Waals surface area contributed by atoms with Gasteiger partial charge in [0.1, 0.15) is 0 Å². The minimum atomic E-state index is 0.278. The van der Waals surface area contributed by atoms with E-state index >= 15 is 0 Å². The first kappa shape index (κ1) is 11.9. The highest BCUT2D eigenvalue weighted by atomic mass is 16.5. The zero-order valence-electron chi connectivity index (χ0n) is 10.5. The highest BCUT2D eigenvalue weighted by Gasteiger charge is 2.09. The average Bonchev–Trinajstić information content (AvgIpc) is 2.89. The first-order chi connectivity index (χ1) is 8.19. The maximum atomic E-state index is 5.17. The van der Waals surface area contributed by atoms with Gasteiger partial charge in [-0.3, -0.25) is 0 Å². The first-order valence-corrected chi connectivity index (χ1v) is 5.80. The summed E-state index contributed by atoms with van der Waals surface area (Å²) in [5, 5.41) is 7.08. The minimum Gasteiger partial charge on any atom is -0.346 e. The maximum absolute atomic E-state index is 5.17. The molecule has 0 aliphatic carbocycles. The molecule has 0 saturated carbocycles. The summed E-state index contributed by atoms with van der Waals surface area (Å²) in [5.74, 6) is 1.70. The van der Waals surface area contributed by atoms with Crippen molar-refractivity contribution in [2.75, 3.05) is 7.05 Å². The lowest BCUT2D eigenvalue weighted by atomic mass is 10.2. The van der Waals surface area contributed by atoms with Crippen molar-refractivity contribution in [1.82, 2.24) is 20.0 Å². The topological polar surface area (TPSA) is 55.9 Å². The van der Waals surface area contributed by atoms with E-state index in [0.29, 0.717) is 12.4 Å². The van der Waals surface area contributed by atoms with Gasteiger partial charge in [-0.25, -0.2) is 0 Å². The Balaban J connectivity index is 2.03. The maximum Gasteiger partial charge on any atom is 0.229 e. The molecule has 0 unspecified atom stereocenters. The molecular weight excluding hydrogens is 216 g/mol. The van der Waals surface area contributed by atoms with Gasteiger partial charge in [0.2, 0.25) is 5.89 Å². The largest absolute Gasteiger partial charge is 0.346 e. The number of rotatable bonds is 5. The standard InChI is InChI=1S/C12H18N4O/c1-9(2)12-14-11(15-17-12)8-16-5-4-10(7-16)6-13-3/h4-5,7,9,13H,6,8H2,1-3H3. The molecule has 1 N–H and O–H groups in total. The molecule has 5 nitrogen and oxygen atoms in total. The Morgan fingerprint density at radius 1 is 1.47 bits per heavy atom. The summed E-state index contributed by atoms with van der Waals surface area (Å²) in [6, 6.07) is 2.08. The lowest BCUT2D eigenvalue weighted by Gasteiger charge is -1.97. The molecule has 0 spiro atoms. The second-order valence-electron chi connectivity index (χ2n) is 4.43. The fourth-order valence-corrected chi connectivity index (χ4v) is 1.63. The van der Waals surface area contributed by atoms with Crippen molar-refractivity contribution in [2.24, 2.45) is 0 Å². The summed E-state index contributed by atoms with van der Waals surface area (Å²) >= 11 is 0. The summed E-state index contributed by atoms with van der Waals surface area (Å²) in [6.45, 7) is 5.60. The molecule has 0 atom stereocenters. The van der Waals surface area contributed by atoms with Crippen LogP contribution in [-0.2, 0) is 13.1 Å². The molecule has 0 aromatic carbocycles. The number of nitrogens with zero attached hydrogens (tertiary/aromatic N) is 3. The van der Waals surface area contributed by atoms with Crippen LogP contribution in [0.4, 0.5) is 0 Å². The monoisotopic (exact) mass is 234 g/mol. The van der Waals surface area contributed by atoms with E-state index in [4.69, 9.17) is 4.52 Å². The molecule has 0 saturated heterocycles. The van der Waals surface area contributed by atoms with Gasteiger partial charge >= 0.3 is 0 Å². The van der Waals surface area contributed by atoms with Gasteiger partial charge in [-0.05, 0) is 18.7 Å². The van der Waals surface area contributed by atoms with Crippen LogP contribution >= 0.6 is 0 Å². The molecule has 2 rings (SSSR count). The summed E-state index contributed by atoms with van der Waals surface area (Å²) in [7, 11) is 1.94. The van der Waals surface area contributed by atoms with Crippen LogP contribution in [0, 0.1) is 0 Å². The van der Waals surface area contributed by atoms with Crippen LogP contribution in [0.2, 0.25) is 0 Å². The zero-order chi connectivity index (χ0) is 12.3. The normalized spacial score (nSPS) is 11.3. The van der Waals surface area contributed by atoms with Crippen molar-refractivity contribution < 1.29 is 4.52 Å². The van der Waals surface area contributed by atoms with Gasteiger partial charge < -0.3 is 14.4 Å². The third-order valence-electron chi connectivity index (χ3n) is 2.49. The molecule has 0 radical (unpaired) electrons. The number of nitrogens with one attached hydrogen (secondary N) is 1. The summed E-state index contributed by atoms with van der Waals surface area (Å²) < 4.78 is 7.22. The van der Waals surface area contributed by atoms with Crippen molar-refractivity contribution in [3.05, 3.63) is 35.7 Å². The molecule has 0 aliphatic rings. The highest BCUT2D eigenvalue weighted by molar-refractivity contribution is 5.10. The zero-order valence-corrected chi connectivity index (χ0v) is 10.5. The van der Waals surface area contributed by atoms with E-state index in [9.17, 15) is 0 Å². The Morgan fingerprint density at radius 2 is 2.29 bits per heavy atom. The van der Waals surface area contributed by atoms with E-state index in [2.05, 4.69) is 32.3 Å². The second-order valence-corrected chi connectivity index (χ2v) is 4.43. The van der Waals surface area contributed by atoms with Gasteiger partial charge in [-0.1, -0.05) is 19.0 Å². The molecule has 92 valence electrons. The molecule has 0 fully saturated rings. The minimum absolute atomic E-state index is 0.278. The third kappa shape index (κ3) is 2.94. The Morgan fingerprint density at radius 3 is 2.94 bits per heavy atom. The SMILES string of the molecule is CNCc1ccn(Cc2noc(C(C)C)n2)c1. The Labute approximate surface area is 101 Å². The summed E-state index contributed by atoms with van der Waals surface area (Å²) in [4.78, 5) is 4.35. The Hall–Kier alpha value is -1.62. The van der Waals surface area contributed by atoms with Gasteiger partial charge in [0.05, 0.1) is 6.54 Å². The van der Waals surface area contributed by atoms with Crippen molar-refractivity contribution in [2.45, 2.75) is 32.9 Å². The fraction of sp³-hybridized carbons (Fsp3) is 0.500. The molecule has 17 heavy (non-hydrogen) atoms. The van der Waals surface area contributed by atoms with Crippen LogP contribution in [-0.4, -0.2) is 21.8 Å². The summed E-state index contributed by atoms with van der Waals surface area (Å²) in [6.07, 6.45) is 4.11. The first-order valence-electron chi connectivity index (χ1n) is 5.80. The molecule has 2 heterocycles. The number of aromatic nitrogens is 3. The number of hydrogen-bond donors (Lipinski definition) is 1. The molecule has 0 amide bonds. The van der Waals surface area contributed by atoms with Gasteiger partial charge in [-0.15, -0.1) is 0 Å². The average molecular weight is 234 g/mol. The van der Waals surface area contributed by atoms with Gasteiger partial charge in [0.15, 0.2) is 5.82 Å². The van der Waals surface area contributed by atoms with E-state index in [-0.39, 0.29) is 5.92 Å². The van der Waals surface area contributed by atoms with Crippen LogP contribution in [0.15, 0.2) is 23.0 Å². The van der Waals surface area contributed by atoms with Crippen LogP contribution in [0.3, 0.4) is 0 Å². The van der Waals surface area contributed by atoms with Crippen LogP contribution < -0.4 is 5.32 Å². The van der Waals surface area contributed by atoms with E-state index < -0.39 is 0 Å². The fourth-order valence-electron chi connectivity index (χ4n) is 1.63. The van der Waals surface area contributed by atoms with Crippen LogP contribution in [0.25, 0.3) is 0 Å². The smallest absolute Gasteiger partial charge is 0.229 e. The van der Waals surface area contributed by atoms with E-state index in [1.165, 1.54) is 5.56 Å². The van der Waals surface area contributed by atoms with Gasteiger partial charge in [0, 0.05) is 24.9 Å². The lowest BCUT2D eigenvalue weighted by Crippen LogP contribution is -2.04. The van der Waals surface area contributed by atoms with Gasteiger partial charge in [0.25, 0.3) is 0 Å². The Bertz CT molecular complexity index is 472. The second kappa shape index (κ2) is 5.14. The molecule has 2 aromatic rings. The van der Waals surface area contributed by atoms with E-state index in [0.717, 1.165) is 12.4 Å². The molecule has 2 aromatic heterocycles. The number of hydrogen-bond acceptors (Lipinski definition) is 4. The lowest BCUT2D eigenvalue weighted by molar-refractivity contribution is 0.360. The quantitative estimate of drug-likeness (QED) is 0.856. The summed E-state index contributed by atoms with van der Waals surface area (Å²) in [5.41, 5.74) is 1.25. The van der Waals surface area contributed by atoms with E-state index in [1.807, 2.05) is 27.1 Å². The highest BCUT2D eigenvalue weighted by Crippen LogP contribution is 2.11. The van der Waals surface area contributed by atoms with Crippen molar-refractivity contribution in [3.8, 4) is 0 Å². The predicted molar refractivity (Wildman–Crippen MR) is 64.7 cm³/mol. The van der Waals surface area contributed by atoms with Crippen molar-refractivity contribution in [1.29, 1.82) is 0 Å². The molecule has 0 bridgehead atoms. The van der Waals surface area contributed by atoms with Crippen molar-refractivity contribution in [3.63, 3.8) is 0 Å².